The largest absolute Gasteiger partial charge is 0.436 e. The topological polar surface area (TPSA) is 55.1 Å². The van der Waals surface area contributed by atoms with Crippen LogP contribution >= 0.6 is 0 Å². The van der Waals surface area contributed by atoms with E-state index in [0.717, 1.165) is 33.5 Å². The van der Waals surface area contributed by atoms with Gasteiger partial charge in [-0.25, -0.2) is 4.98 Å². The maximum absolute atomic E-state index is 12.5. The van der Waals surface area contributed by atoms with Crippen molar-refractivity contribution in [3.63, 3.8) is 0 Å². The number of fused-ring (bicyclic) bond motifs is 1. The number of oxazole rings is 1. The second-order valence-electron chi connectivity index (χ2n) is 7.81. The fourth-order valence-corrected chi connectivity index (χ4v) is 3.43. The number of nitrogens with zero attached hydrogens (tertiary/aromatic N) is 1. The standard InChI is InChI=1S/C25H24N2O2/c1-15(2)19-7-10-23-22(14-19)27-25(29-23)18-5-8-21(9-6-18)26-24(28)20-12-16(3)11-17(4)13-20/h5-15H,1-4H3,(H,26,28). The zero-order valence-electron chi connectivity index (χ0n) is 17.1. The van der Waals surface area contributed by atoms with Crippen LogP contribution < -0.4 is 5.32 Å². The molecule has 1 N–H and O–H groups in total. The first-order chi connectivity index (χ1) is 13.9. The van der Waals surface area contributed by atoms with Gasteiger partial charge in [0.05, 0.1) is 0 Å². The van der Waals surface area contributed by atoms with Crippen molar-refractivity contribution in [3.05, 3.63) is 82.9 Å². The van der Waals surface area contributed by atoms with Crippen LogP contribution in [0.4, 0.5) is 5.69 Å². The van der Waals surface area contributed by atoms with Crippen molar-refractivity contribution in [1.29, 1.82) is 0 Å². The molecule has 1 aromatic heterocycles. The number of benzene rings is 3. The Bertz CT molecular complexity index is 1170. The molecule has 4 aromatic rings. The van der Waals surface area contributed by atoms with Gasteiger partial charge in [0.2, 0.25) is 5.89 Å². The molecule has 0 radical (unpaired) electrons. The average Bonchev–Trinajstić information content (AvgIpc) is 3.11. The van der Waals surface area contributed by atoms with E-state index < -0.39 is 0 Å². The lowest BCUT2D eigenvalue weighted by molar-refractivity contribution is 0.102. The van der Waals surface area contributed by atoms with Crippen molar-refractivity contribution in [2.75, 3.05) is 5.32 Å². The second-order valence-corrected chi connectivity index (χ2v) is 7.81. The summed E-state index contributed by atoms with van der Waals surface area (Å²) in [7, 11) is 0. The molecule has 29 heavy (non-hydrogen) atoms. The van der Waals surface area contributed by atoms with Crippen LogP contribution in [-0.2, 0) is 0 Å². The number of amides is 1. The Morgan fingerprint density at radius 2 is 1.62 bits per heavy atom. The van der Waals surface area contributed by atoms with Crippen molar-refractivity contribution in [2.45, 2.75) is 33.6 Å². The van der Waals surface area contributed by atoms with Crippen molar-refractivity contribution >= 4 is 22.7 Å². The fourth-order valence-electron chi connectivity index (χ4n) is 3.43. The average molecular weight is 384 g/mol. The van der Waals surface area contributed by atoms with E-state index >= 15 is 0 Å². The smallest absolute Gasteiger partial charge is 0.255 e. The van der Waals surface area contributed by atoms with E-state index in [1.807, 2.05) is 56.3 Å². The fraction of sp³-hybridized carbons (Fsp3) is 0.200. The number of rotatable bonds is 4. The van der Waals surface area contributed by atoms with Crippen molar-refractivity contribution in [1.82, 2.24) is 4.98 Å². The van der Waals surface area contributed by atoms with Crippen LogP contribution in [0.1, 0.15) is 46.8 Å². The summed E-state index contributed by atoms with van der Waals surface area (Å²) in [6.07, 6.45) is 0. The van der Waals surface area contributed by atoms with Gasteiger partial charge in [-0.1, -0.05) is 37.1 Å². The zero-order chi connectivity index (χ0) is 20.5. The van der Waals surface area contributed by atoms with Gasteiger partial charge in [0.1, 0.15) is 5.52 Å². The molecule has 1 amide bonds. The molecule has 4 rings (SSSR count). The van der Waals surface area contributed by atoms with Gasteiger partial charge in [0.25, 0.3) is 5.91 Å². The number of hydrogen-bond acceptors (Lipinski definition) is 3. The summed E-state index contributed by atoms with van der Waals surface area (Å²) >= 11 is 0. The van der Waals surface area contributed by atoms with Gasteiger partial charge in [0.15, 0.2) is 5.58 Å². The highest BCUT2D eigenvalue weighted by atomic mass is 16.3. The number of aryl methyl sites for hydroxylation is 2. The molecule has 0 bridgehead atoms. The van der Waals surface area contributed by atoms with Crippen LogP contribution in [0.3, 0.4) is 0 Å². The number of carbonyl (C=O) groups excluding carboxylic acids is 1. The first-order valence-corrected chi connectivity index (χ1v) is 9.79. The number of carbonyl (C=O) groups is 1. The normalized spacial score (nSPS) is 11.2. The van der Waals surface area contributed by atoms with Crippen LogP contribution in [0.15, 0.2) is 65.1 Å². The molecular weight excluding hydrogens is 360 g/mol. The van der Waals surface area contributed by atoms with E-state index in [4.69, 9.17) is 4.42 Å². The Morgan fingerprint density at radius 1 is 0.931 bits per heavy atom. The van der Waals surface area contributed by atoms with Crippen molar-refractivity contribution in [3.8, 4) is 11.5 Å². The molecule has 0 aliphatic heterocycles. The highest BCUT2D eigenvalue weighted by molar-refractivity contribution is 6.04. The van der Waals surface area contributed by atoms with Gasteiger partial charge in [-0.15, -0.1) is 0 Å². The number of hydrogen-bond donors (Lipinski definition) is 1. The summed E-state index contributed by atoms with van der Waals surface area (Å²) in [5.74, 6) is 0.903. The SMILES string of the molecule is Cc1cc(C)cc(C(=O)Nc2ccc(-c3nc4cc(C(C)C)ccc4o3)cc2)c1. The molecule has 0 saturated heterocycles. The summed E-state index contributed by atoms with van der Waals surface area (Å²) in [5.41, 5.74) is 7.28. The van der Waals surface area contributed by atoms with Gasteiger partial charge < -0.3 is 9.73 Å². The Hall–Kier alpha value is -3.40. The third-order valence-electron chi connectivity index (χ3n) is 4.95. The third kappa shape index (κ3) is 4.06. The molecule has 3 aromatic carbocycles. The quantitative estimate of drug-likeness (QED) is 0.438. The van der Waals surface area contributed by atoms with Crippen LogP contribution in [0.2, 0.25) is 0 Å². The molecule has 4 heteroatoms. The minimum atomic E-state index is -0.118. The molecule has 0 aliphatic carbocycles. The van der Waals surface area contributed by atoms with E-state index in [-0.39, 0.29) is 5.91 Å². The van der Waals surface area contributed by atoms with Crippen LogP contribution in [0.25, 0.3) is 22.6 Å². The molecule has 0 aliphatic rings. The molecule has 4 nitrogen and oxygen atoms in total. The van der Waals surface area contributed by atoms with E-state index in [2.05, 4.69) is 42.3 Å². The molecule has 0 unspecified atom stereocenters. The molecule has 0 spiro atoms. The number of aromatic nitrogens is 1. The second kappa shape index (κ2) is 7.55. The zero-order valence-corrected chi connectivity index (χ0v) is 17.1. The van der Waals surface area contributed by atoms with Gasteiger partial charge in [-0.3, -0.25) is 4.79 Å². The van der Waals surface area contributed by atoms with Crippen LogP contribution in [-0.4, -0.2) is 10.9 Å². The van der Waals surface area contributed by atoms with Gasteiger partial charge in [-0.05, 0) is 73.9 Å². The predicted molar refractivity (Wildman–Crippen MR) is 117 cm³/mol. The minimum Gasteiger partial charge on any atom is -0.436 e. The van der Waals surface area contributed by atoms with E-state index in [0.29, 0.717) is 17.4 Å². The minimum absolute atomic E-state index is 0.118. The summed E-state index contributed by atoms with van der Waals surface area (Å²) < 4.78 is 5.91. The molecule has 0 atom stereocenters. The third-order valence-corrected chi connectivity index (χ3v) is 4.95. The lowest BCUT2D eigenvalue weighted by atomic mass is 10.0. The van der Waals surface area contributed by atoms with Crippen LogP contribution in [0, 0.1) is 13.8 Å². The first kappa shape index (κ1) is 18.9. The predicted octanol–water partition coefficient (Wildman–Crippen LogP) is 6.49. The first-order valence-electron chi connectivity index (χ1n) is 9.79. The molecule has 146 valence electrons. The van der Waals surface area contributed by atoms with E-state index in [9.17, 15) is 4.79 Å². The van der Waals surface area contributed by atoms with Crippen LogP contribution in [0.5, 0.6) is 0 Å². The Morgan fingerprint density at radius 3 is 2.28 bits per heavy atom. The van der Waals surface area contributed by atoms with Gasteiger partial charge in [0, 0.05) is 16.8 Å². The van der Waals surface area contributed by atoms with E-state index in [1.54, 1.807) is 0 Å². The number of anilines is 1. The van der Waals surface area contributed by atoms with E-state index in [1.165, 1.54) is 5.56 Å². The molecule has 1 heterocycles. The maximum atomic E-state index is 12.5. The lowest BCUT2D eigenvalue weighted by Gasteiger charge is -2.07. The maximum Gasteiger partial charge on any atom is 0.255 e. The Labute approximate surface area is 170 Å². The summed E-state index contributed by atoms with van der Waals surface area (Å²) in [5, 5.41) is 2.95. The molecule has 0 saturated carbocycles. The summed E-state index contributed by atoms with van der Waals surface area (Å²) in [6.45, 7) is 8.30. The Kier molecular flexibility index (Phi) is 4.93. The highest BCUT2D eigenvalue weighted by Gasteiger charge is 2.11. The summed E-state index contributed by atoms with van der Waals surface area (Å²) in [4.78, 5) is 17.2. The molecule has 0 fully saturated rings. The Balaban J connectivity index is 1.54. The summed E-state index contributed by atoms with van der Waals surface area (Å²) in [6, 6.07) is 19.5. The molecular formula is C25H24N2O2. The van der Waals surface area contributed by atoms with Crippen molar-refractivity contribution in [2.24, 2.45) is 0 Å². The monoisotopic (exact) mass is 384 g/mol. The van der Waals surface area contributed by atoms with Crippen molar-refractivity contribution < 1.29 is 9.21 Å². The number of nitrogens with one attached hydrogen (secondary N) is 1. The highest BCUT2D eigenvalue weighted by Crippen LogP contribution is 2.27. The van der Waals surface area contributed by atoms with Gasteiger partial charge in [-0.2, -0.15) is 0 Å². The lowest BCUT2D eigenvalue weighted by Crippen LogP contribution is -2.12. The van der Waals surface area contributed by atoms with Gasteiger partial charge >= 0.3 is 0 Å².